The average molecular weight is 300 g/mol. The summed E-state index contributed by atoms with van der Waals surface area (Å²) in [4.78, 5) is 0. The van der Waals surface area contributed by atoms with Gasteiger partial charge in [-0.05, 0) is 55.9 Å². The van der Waals surface area contributed by atoms with Gasteiger partial charge in [0, 0.05) is 16.6 Å². The van der Waals surface area contributed by atoms with E-state index in [0.717, 1.165) is 22.5 Å². The van der Waals surface area contributed by atoms with Crippen molar-refractivity contribution in [2.24, 2.45) is 5.92 Å². The van der Waals surface area contributed by atoms with Crippen LogP contribution in [0.15, 0.2) is 22.7 Å². The molecule has 0 aliphatic heterocycles. The van der Waals surface area contributed by atoms with Crippen molar-refractivity contribution in [2.75, 3.05) is 0 Å². The van der Waals surface area contributed by atoms with Crippen molar-refractivity contribution < 1.29 is 4.39 Å². The molecule has 1 aromatic rings. The van der Waals surface area contributed by atoms with Gasteiger partial charge in [0.05, 0.1) is 0 Å². The molecule has 3 heteroatoms. The Bertz CT molecular complexity index is 370. The van der Waals surface area contributed by atoms with Crippen molar-refractivity contribution in [3.63, 3.8) is 0 Å². The summed E-state index contributed by atoms with van der Waals surface area (Å²) in [7, 11) is 0. The first-order chi connectivity index (χ1) is 8.04. The van der Waals surface area contributed by atoms with Gasteiger partial charge in [-0.25, -0.2) is 4.39 Å². The molecule has 1 fully saturated rings. The monoisotopic (exact) mass is 299 g/mol. The molecule has 0 amide bonds. The number of hydrogen-bond acceptors (Lipinski definition) is 1. The van der Waals surface area contributed by atoms with Crippen LogP contribution >= 0.6 is 15.9 Å². The van der Waals surface area contributed by atoms with Gasteiger partial charge in [-0.2, -0.15) is 0 Å². The molecule has 0 heterocycles. The molecule has 1 aliphatic carbocycles. The van der Waals surface area contributed by atoms with Crippen LogP contribution in [0.3, 0.4) is 0 Å². The van der Waals surface area contributed by atoms with Gasteiger partial charge in [-0.1, -0.05) is 22.9 Å². The van der Waals surface area contributed by atoms with E-state index in [9.17, 15) is 4.39 Å². The molecule has 2 atom stereocenters. The molecular weight excluding hydrogens is 281 g/mol. The summed E-state index contributed by atoms with van der Waals surface area (Å²) in [6, 6.07) is 6.35. The molecule has 0 spiro atoms. The Hall–Kier alpha value is -0.410. The molecule has 2 rings (SSSR count). The van der Waals surface area contributed by atoms with E-state index in [1.54, 1.807) is 6.07 Å². The molecule has 1 saturated carbocycles. The molecular formula is C14H19BrFN. The van der Waals surface area contributed by atoms with Crippen molar-refractivity contribution in [1.82, 2.24) is 5.32 Å². The van der Waals surface area contributed by atoms with Crippen LogP contribution < -0.4 is 5.32 Å². The number of halogens is 2. The minimum Gasteiger partial charge on any atom is -0.311 e. The molecule has 0 saturated heterocycles. The van der Waals surface area contributed by atoms with Crippen molar-refractivity contribution in [3.05, 3.63) is 34.1 Å². The zero-order chi connectivity index (χ0) is 12.4. The Kier molecular flexibility index (Phi) is 4.21. The SMILES string of the molecule is CC(Cc1cc(F)cc(Br)c1)C(C)NC1CC1. The van der Waals surface area contributed by atoms with E-state index in [1.165, 1.54) is 18.9 Å². The van der Waals surface area contributed by atoms with Crippen molar-refractivity contribution in [2.45, 2.75) is 45.2 Å². The highest BCUT2D eigenvalue weighted by Gasteiger charge is 2.25. The second-order valence-electron chi connectivity index (χ2n) is 5.19. The third kappa shape index (κ3) is 4.07. The lowest BCUT2D eigenvalue weighted by Crippen LogP contribution is -2.34. The Morgan fingerprint density at radius 2 is 2.06 bits per heavy atom. The molecule has 0 aromatic heterocycles. The zero-order valence-electron chi connectivity index (χ0n) is 10.3. The fourth-order valence-corrected chi connectivity index (χ4v) is 2.58. The van der Waals surface area contributed by atoms with Gasteiger partial charge in [0.1, 0.15) is 5.82 Å². The molecule has 1 nitrogen and oxygen atoms in total. The summed E-state index contributed by atoms with van der Waals surface area (Å²) in [5.41, 5.74) is 1.06. The van der Waals surface area contributed by atoms with E-state index in [4.69, 9.17) is 0 Å². The summed E-state index contributed by atoms with van der Waals surface area (Å²) in [6.45, 7) is 4.44. The summed E-state index contributed by atoms with van der Waals surface area (Å²) in [5, 5.41) is 3.60. The van der Waals surface area contributed by atoms with Gasteiger partial charge in [0.25, 0.3) is 0 Å². The van der Waals surface area contributed by atoms with Gasteiger partial charge in [-0.15, -0.1) is 0 Å². The Labute approximate surface area is 111 Å². The van der Waals surface area contributed by atoms with Gasteiger partial charge in [-0.3, -0.25) is 0 Å². The van der Waals surface area contributed by atoms with Gasteiger partial charge >= 0.3 is 0 Å². The fourth-order valence-electron chi connectivity index (χ4n) is 2.06. The van der Waals surface area contributed by atoms with Crippen LogP contribution in [0.1, 0.15) is 32.3 Å². The number of nitrogens with one attached hydrogen (secondary N) is 1. The maximum Gasteiger partial charge on any atom is 0.124 e. The van der Waals surface area contributed by atoms with Gasteiger partial charge in [0.15, 0.2) is 0 Å². The van der Waals surface area contributed by atoms with E-state index in [1.807, 2.05) is 6.07 Å². The average Bonchev–Trinajstić information content (AvgIpc) is 2.99. The first kappa shape index (κ1) is 13.0. The first-order valence-corrected chi connectivity index (χ1v) is 7.05. The summed E-state index contributed by atoms with van der Waals surface area (Å²) in [6.07, 6.45) is 3.53. The summed E-state index contributed by atoms with van der Waals surface area (Å²) < 4.78 is 14.1. The maximum atomic E-state index is 13.3. The predicted octanol–water partition coefficient (Wildman–Crippen LogP) is 3.91. The Morgan fingerprint density at radius 1 is 1.35 bits per heavy atom. The second-order valence-corrected chi connectivity index (χ2v) is 6.10. The van der Waals surface area contributed by atoms with E-state index < -0.39 is 0 Å². The molecule has 94 valence electrons. The van der Waals surface area contributed by atoms with Crippen molar-refractivity contribution >= 4 is 15.9 Å². The highest BCUT2D eigenvalue weighted by Crippen LogP contribution is 2.23. The minimum atomic E-state index is -0.163. The lowest BCUT2D eigenvalue weighted by Gasteiger charge is -2.21. The lowest BCUT2D eigenvalue weighted by atomic mass is 9.95. The highest BCUT2D eigenvalue weighted by atomic mass is 79.9. The van der Waals surface area contributed by atoms with E-state index >= 15 is 0 Å². The van der Waals surface area contributed by atoms with Crippen LogP contribution in [0.4, 0.5) is 4.39 Å². The molecule has 1 N–H and O–H groups in total. The van der Waals surface area contributed by atoms with Crippen LogP contribution in [0.5, 0.6) is 0 Å². The second kappa shape index (κ2) is 5.49. The molecule has 1 aromatic carbocycles. The van der Waals surface area contributed by atoms with Crippen LogP contribution in [-0.4, -0.2) is 12.1 Å². The topological polar surface area (TPSA) is 12.0 Å². The molecule has 2 unspecified atom stereocenters. The highest BCUT2D eigenvalue weighted by molar-refractivity contribution is 9.10. The quantitative estimate of drug-likeness (QED) is 0.869. The van der Waals surface area contributed by atoms with Crippen LogP contribution in [0.2, 0.25) is 0 Å². The smallest absolute Gasteiger partial charge is 0.124 e. The van der Waals surface area contributed by atoms with E-state index in [-0.39, 0.29) is 5.82 Å². The van der Waals surface area contributed by atoms with E-state index in [0.29, 0.717) is 12.0 Å². The van der Waals surface area contributed by atoms with Crippen molar-refractivity contribution in [1.29, 1.82) is 0 Å². The third-order valence-corrected chi connectivity index (χ3v) is 3.87. The normalized spacial score (nSPS) is 19.1. The lowest BCUT2D eigenvalue weighted by molar-refractivity contribution is 0.395. The van der Waals surface area contributed by atoms with Crippen molar-refractivity contribution in [3.8, 4) is 0 Å². The fraction of sp³-hybridized carbons (Fsp3) is 0.571. The molecule has 0 bridgehead atoms. The van der Waals surface area contributed by atoms with Crippen LogP contribution in [-0.2, 0) is 6.42 Å². The standard InChI is InChI=1S/C14H19BrFN/c1-9(10(2)17-14-3-4-14)5-11-6-12(15)8-13(16)7-11/h6-10,14,17H,3-5H2,1-2H3. The first-order valence-electron chi connectivity index (χ1n) is 6.25. The summed E-state index contributed by atoms with van der Waals surface area (Å²) >= 11 is 3.33. The number of benzene rings is 1. The number of rotatable bonds is 5. The minimum absolute atomic E-state index is 0.163. The van der Waals surface area contributed by atoms with Crippen LogP contribution in [0.25, 0.3) is 0 Å². The van der Waals surface area contributed by atoms with Crippen LogP contribution in [0, 0.1) is 11.7 Å². The Balaban J connectivity index is 1.93. The third-order valence-electron chi connectivity index (χ3n) is 3.41. The number of hydrogen-bond donors (Lipinski definition) is 1. The van der Waals surface area contributed by atoms with Gasteiger partial charge < -0.3 is 5.32 Å². The Morgan fingerprint density at radius 3 is 2.65 bits per heavy atom. The molecule has 1 aliphatic rings. The maximum absolute atomic E-state index is 13.3. The molecule has 0 radical (unpaired) electrons. The zero-order valence-corrected chi connectivity index (χ0v) is 11.9. The van der Waals surface area contributed by atoms with E-state index in [2.05, 4.69) is 35.1 Å². The predicted molar refractivity (Wildman–Crippen MR) is 72.6 cm³/mol. The molecule has 17 heavy (non-hydrogen) atoms. The largest absolute Gasteiger partial charge is 0.311 e. The van der Waals surface area contributed by atoms with Gasteiger partial charge in [0.2, 0.25) is 0 Å². The summed E-state index contributed by atoms with van der Waals surface area (Å²) in [5.74, 6) is 0.355.